The van der Waals surface area contributed by atoms with E-state index in [4.69, 9.17) is 4.74 Å². The van der Waals surface area contributed by atoms with Crippen molar-refractivity contribution >= 4 is 5.97 Å². The van der Waals surface area contributed by atoms with Gasteiger partial charge in [0.05, 0.1) is 0 Å². The van der Waals surface area contributed by atoms with Gasteiger partial charge in [-0.1, -0.05) is 30.3 Å². The normalized spacial score (nSPS) is 9.94. The molecule has 0 atom stereocenters. The van der Waals surface area contributed by atoms with Crippen LogP contribution in [0.1, 0.15) is 18.3 Å². The van der Waals surface area contributed by atoms with Crippen LogP contribution >= 0.6 is 0 Å². The van der Waals surface area contributed by atoms with E-state index in [1.807, 2.05) is 30.3 Å². The average molecular weight is 228 g/mol. The topological polar surface area (TPSA) is 52.1 Å². The van der Waals surface area contributed by atoms with Gasteiger partial charge < -0.3 is 4.74 Å². The van der Waals surface area contributed by atoms with Crippen molar-refractivity contribution in [3.63, 3.8) is 0 Å². The minimum absolute atomic E-state index is 0.290. The Morgan fingerprint density at radius 1 is 1.24 bits per heavy atom. The molecule has 0 saturated heterocycles. The Bertz CT molecular complexity index is 512. The van der Waals surface area contributed by atoms with Gasteiger partial charge in [-0.05, 0) is 5.56 Å². The average Bonchev–Trinajstić information content (AvgIpc) is 2.30. The van der Waals surface area contributed by atoms with Gasteiger partial charge in [0.15, 0.2) is 0 Å². The molecule has 4 heteroatoms. The summed E-state index contributed by atoms with van der Waals surface area (Å²) in [6, 6.07) is 11.5. The number of esters is 1. The molecule has 0 spiro atoms. The van der Waals surface area contributed by atoms with Gasteiger partial charge in [0.1, 0.15) is 5.82 Å². The zero-order valence-electron chi connectivity index (χ0n) is 9.46. The van der Waals surface area contributed by atoms with Crippen LogP contribution in [-0.2, 0) is 11.2 Å². The van der Waals surface area contributed by atoms with E-state index < -0.39 is 0 Å². The first-order valence-corrected chi connectivity index (χ1v) is 5.28. The van der Waals surface area contributed by atoms with Gasteiger partial charge in [-0.3, -0.25) is 4.79 Å². The number of hydrogen-bond donors (Lipinski definition) is 0. The zero-order valence-corrected chi connectivity index (χ0v) is 9.46. The fourth-order valence-corrected chi connectivity index (χ4v) is 1.45. The van der Waals surface area contributed by atoms with Gasteiger partial charge in [-0.25, -0.2) is 4.98 Å². The van der Waals surface area contributed by atoms with E-state index in [0.29, 0.717) is 18.1 Å². The maximum absolute atomic E-state index is 10.8. The van der Waals surface area contributed by atoms with Crippen LogP contribution in [0.4, 0.5) is 0 Å². The number of carbonyl (C=O) groups is 1. The van der Waals surface area contributed by atoms with Gasteiger partial charge in [-0.2, -0.15) is 4.98 Å². The lowest BCUT2D eigenvalue weighted by molar-refractivity contribution is -0.132. The number of nitrogens with zero attached hydrogens (tertiary/aromatic N) is 2. The second kappa shape index (κ2) is 5.21. The van der Waals surface area contributed by atoms with Crippen LogP contribution in [0.3, 0.4) is 0 Å². The fourth-order valence-electron chi connectivity index (χ4n) is 1.45. The smallest absolute Gasteiger partial charge is 0.309 e. The molecule has 0 fully saturated rings. The Hall–Kier alpha value is -2.23. The van der Waals surface area contributed by atoms with Gasteiger partial charge in [0, 0.05) is 25.6 Å². The monoisotopic (exact) mass is 228 g/mol. The maximum Gasteiger partial charge on any atom is 0.309 e. The zero-order chi connectivity index (χ0) is 12.1. The molecule has 86 valence electrons. The molecule has 0 aliphatic heterocycles. The molecule has 0 N–H and O–H groups in total. The minimum Gasteiger partial charge on any atom is -0.408 e. The first-order chi connectivity index (χ1) is 8.24. The van der Waals surface area contributed by atoms with Crippen molar-refractivity contribution in [2.24, 2.45) is 0 Å². The molecule has 0 unspecified atom stereocenters. The molecule has 1 heterocycles. The van der Waals surface area contributed by atoms with Gasteiger partial charge in [-0.15, -0.1) is 0 Å². The van der Waals surface area contributed by atoms with E-state index in [9.17, 15) is 4.79 Å². The summed E-state index contributed by atoms with van der Waals surface area (Å²) in [7, 11) is 0. The lowest BCUT2D eigenvalue weighted by Gasteiger charge is -2.03. The molecular weight excluding hydrogens is 216 g/mol. The largest absolute Gasteiger partial charge is 0.408 e. The highest BCUT2D eigenvalue weighted by molar-refractivity contribution is 5.68. The minimum atomic E-state index is -0.380. The molecule has 0 amide bonds. The third-order valence-electron chi connectivity index (χ3n) is 2.13. The molecule has 2 aromatic rings. The van der Waals surface area contributed by atoms with Crippen LogP contribution in [0, 0.1) is 0 Å². The van der Waals surface area contributed by atoms with E-state index in [2.05, 4.69) is 9.97 Å². The van der Waals surface area contributed by atoms with Crippen LogP contribution in [0.15, 0.2) is 42.6 Å². The lowest BCUT2D eigenvalue weighted by atomic mass is 10.1. The highest BCUT2D eigenvalue weighted by Gasteiger charge is 2.03. The predicted octanol–water partition coefficient (Wildman–Crippen LogP) is 1.99. The molecular formula is C13H12N2O2. The van der Waals surface area contributed by atoms with E-state index in [1.165, 1.54) is 6.92 Å². The Morgan fingerprint density at radius 3 is 2.71 bits per heavy atom. The Balaban J connectivity index is 2.14. The summed E-state index contributed by atoms with van der Waals surface area (Å²) in [5.41, 5.74) is 1.12. The Morgan fingerprint density at radius 2 is 2.00 bits per heavy atom. The van der Waals surface area contributed by atoms with E-state index in [1.54, 1.807) is 12.3 Å². The molecule has 0 aliphatic rings. The summed E-state index contributed by atoms with van der Waals surface area (Å²) in [5.74, 6) is 0.544. The Kier molecular flexibility index (Phi) is 3.45. The summed E-state index contributed by atoms with van der Waals surface area (Å²) in [6.07, 6.45) is 2.21. The van der Waals surface area contributed by atoms with Crippen LogP contribution in [0.5, 0.6) is 5.88 Å². The summed E-state index contributed by atoms with van der Waals surface area (Å²) in [6.45, 7) is 1.35. The van der Waals surface area contributed by atoms with Crippen molar-refractivity contribution in [2.45, 2.75) is 13.3 Å². The van der Waals surface area contributed by atoms with E-state index in [0.717, 1.165) is 5.56 Å². The van der Waals surface area contributed by atoms with Crippen molar-refractivity contribution < 1.29 is 9.53 Å². The maximum atomic E-state index is 10.8. The molecule has 0 saturated carbocycles. The van der Waals surface area contributed by atoms with Crippen molar-refractivity contribution in [1.82, 2.24) is 9.97 Å². The van der Waals surface area contributed by atoms with Crippen LogP contribution in [0.25, 0.3) is 0 Å². The summed E-state index contributed by atoms with van der Waals surface area (Å²) >= 11 is 0. The van der Waals surface area contributed by atoms with Crippen molar-refractivity contribution in [1.29, 1.82) is 0 Å². The van der Waals surface area contributed by atoms with Gasteiger partial charge in [0.25, 0.3) is 0 Å². The number of rotatable bonds is 3. The Labute approximate surface area is 99.3 Å². The SMILES string of the molecule is CC(=O)Oc1ccnc(Cc2ccccc2)n1. The molecule has 2 rings (SSSR count). The van der Waals surface area contributed by atoms with E-state index >= 15 is 0 Å². The second-order valence-corrected chi connectivity index (χ2v) is 3.57. The third kappa shape index (κ3) is 3.38. The molecule has 0 bridgehead atoms. The quantitative estimate of drug-likeness (QED) is 0.754. The summed E-state index contributed by atoms with van der Waals surface area (Å²) < 4.78 is 4.90. The van der Waals surface area contributed by atoms with E-state index in [-0.39, 0.29) is 5.97 Å². The first-order valence-electron chi connectivity index (χ1n) is 5.28. The summed E-state index contributed by atoms with van der Waals surface area (Å²) in [4.78, 5) is 19.1. The fraction of sp³-hybridized carbons (Fsp3) is 0.154. The molecule has 4 nitrogen and oxygen atoms in total. The number of aromatic nitrogens is 2. The lowest BCUT2D eigenvalue weighted by Crippen LogP contribution is -2.05. The van der Waals surface area contributed by atoms with Gasteiger partial charge >= 0.3 is 5.97 Å². The second-order valence-electron chi connectivity index (χ2n) is 3.57. The molecule has 1 aromatic carbocycles. The third-order valence-corrected chi connectivity index (χ3v) is 2.13. The number of carbonyl (C=O) groups excluding carboxylic acids is 1. The highest BCUT2D eigenvalue weighted by Crippen LogP contribution is 2.09. The summed E-state index contributed by atoms with van der Waals surface area (Å²) in [5, 5.41) is 0. The standard InChI is InChI=1S/C13H12N2O2/c1-10(16)17-13-7-8-14-12(15-13)9-11-5-3-2-4-6-11/h2-8H,9H2,1H3. The van der Waals surface area contributed by atoms with Crippen LogP contribution in [-0.4, -0.2) is 15.9 Å². The molecule has 0 aliphatic carbocycles. The predicted molar refractivity (Wildman–Crippen MR) is 62.6 cm³/mol. The van der Waals surface area contributed by atoms with Crippen molar-refractivity contribution in [3.8, 4) is 5.88 Å². The molecule has 1 aromatic heterocycles. The first kappa shape index (κ1) is 11.3. The van der Waals surface area contributed by atoms with Crippen LogP contribution < -0.4 is 4.74 Å². The molecule has 0 radical (unpaired) electrons. The molecule has 17 heavy (non-hydrogen) atoms. The highest BCUT2D eigenvalue weighted by atomic mass is 16.5. The number of benzene rings is 1. The number of ether oxygens (including phenoxy) is 1. The van der Waals surface area contributed by atoms with Crippen molar-refractivity contribution in [3.05, 3.63) is 54.0 Å². The van der Waals surface area contributed by atoms with Crippen LogP contribution in [0.2, 0.25) is 0 Å². The van der Waals surface area contributed by atoms with Crippen molar-refractivity contribution in [2.75, 3.05) is 0 Å². The number of hydrogen-bond acceptors (Lipinski definition) is 4. The van der Waals surface area contributed by atoms with Gasteiger partial charge in [0.2, 0.25) is 5.88 Å².